The van der Waals surface area contributed by atoms with E-state index in [1.54, 1.807) is 67.6 Å². The van der Waals surface area contributed by atoms with Crippen LogP contribution in [0.15, 0.2) is 83.8 Å². The summed E-state index contributed by atoms with van der Waals surface area (Å²) in [6.07, 6.45) is 0.0809. The molecule has 0 fully saturated rings. The molecule has 0 aliphatic carbocycles. The molecule has 0 saturated carbocycles. The molecular formula is C23H23N3O4S. The Hall–Kier alpha value is -3.65. The predicted molar refractivity (Wildman–Crippen MR) is 120 cm³/mol. The molecule has 2 amide bonds. The zero-order valence-electron chi connectivity index (χ0n) is 17.0. The standard InChI is InChI=1S/C23H23N3O4S/c1-17-12-13-19(16-21(17)26-31(29,30)20-10-6-3-7-11-20)25-22(27)14-15-24-23(28)18-8-4-2-5-9-18/h2-13,16,26H,14-15H2,1H3,(H,24,28)(H,25,27). The van der Waals surface area contributed by atoms with E-state index in [1.807, 2.05) is 6.07 Å². The topological polar surface area (TPSA) is 104 Å². The molecule has 0 unspecified atom stereocenters. The third-order valence-electron chi connectivity index (χ3n) is 4.49. The normalized spacial score (nSPS) is 10.9. The zero-order chi connectivity index (χ0) is 22.3. The van der Waals surface area contributed by atoms with E-state index in [0.717, 1.165) is 0 Å². The molecule has 3 rings (SSSR count). The van der Waals surface area contributed by atoms with Crippen LogP contribution in [0.2, 0.25) is 0 Å². The summed E-state index contributed by atoms with van der Waals surface area (Å²) in [5.41, 5.74) is 2.07. The van der Waals surface area contributed by atoms with E-state index >= 15 is 0 Å². The Labute approximate surface area is 181 Å². The van der Waals surface area contributed by atoms with Gasteiger partial charge in [-0.15, -0.1) is 0 Å². The van der Waals surface area contributed by atoms with Gasteiger partial charge in [-0.3, -0.25) is 14.3 Å². The number of amides is 2. The summed E-state index contributed by atoms with van der Waals surface area (Å²) in [5.74, 6) is -0.546. The number of nitrogens with one attached hydrogen (secondary N) is 3. The van der Waals surface area contributed by atoms with Crippen LogP contribution in [0.1, 0.15) is 22.3 Å². The van der Waals surface area contributed by atoms with Crippen LogP contribution in [0.4, 0.5) is 11.4 Å². The first-order chi connectivity index (χ1) is 14.8. The largest absolute Gasteiger partial charge is 0.352 e. The molecule has 3 aromatic rings. The van der Waals surface area contributed by atoms with Crippen molar-refractivity contribution in [1.29, 1.82) is 0 Å². The molecule has 0 radical (unpaired) electrons. The van der Waals surface area contributed by atoms with E-state index in [0.29, 0.717) is 22.5 Å². The summed E-state index contributed by atoms with van der Waals surface area (Å²) in [7, 11) is -3.74. The van der Waals surface area contributed by atoms with Crippen molar-refractivity contribution in [1.82, 2.24) is 5.32 Å². The fourth-order valence-corrected chi connectivity index (χ4v) is 3.96. The number of hydrogen-bond acceptors (Lipinski definition) is 4. The zero-order valence-corrected chi connectivity index (χ0v) is 17.8. The van der Waals surface area contributed by atoms with E-state index in [-0.39, 0.29) is 29.7 Å². The van der Waals surface area contributed by atoms with E-state index in [4.69, 9.17) is 0 Å². The van der Waals surface area contributed by atoms with Crippen LogP contribution in [0, 0.1) is 6.92 Å². The Bertz CT molecular complexity index is 1160. The van der Waals surface area contributed by atoms with E-state index in [1.165, 1.54) is 12.1 Å². The molecule has 8 heteroatoms. The molecule has 7 nitrogen and oxygen atoms in total. The molecule has 0 heterocycles. The smallest absolute Gasteiger partial charge is 0.261 e. The highest BCUT2D eigenvalue weighted by Crippen LogP contribution is 2.23. The maximum Gasteiger partial charge on any atom is 0.261 e. The van der Waals surface area contributed by atoms with Gasteiger partial charge in [0, 0.05) is 24.2 Å². The molecule has 0 spiro atoms. The maximum absolute atomic E-state index is 12.6. The minimum absolute atomic E-state index is 0.0809. The van der Waals surface area contributed by atoms with Gasteiger partial charge < -0.3 is 10.6 Å². The van der Waals surface area contributed by atoms with Gasteiger partial charge in [0.25, 0.3) is 15.9 Å². The van der Waals surface area contributed by atoms with Gasteiger partial charge in [0.05, 0.1) is 10.6 Å². The van der Waals surface area contributed by atoms with Gasteiger partial charge in [0.2, 0.25) is 5.91 Å². The lowest BCUT2D eigenvalue weighted by molar-refractivity contribution is -0.116. The molecule has 3 N–H and O–H groups in total. The van der Waals surface area contributed by atoms with Gasteiger partial charge in [-0.25, -0.2) is 8.42 Å². The monoisotopic (exact) mass is 437 g/mol. The number of sulfonamides is 1. The van der Waals surface area contributed by atoms with Crippen molar-refractivity contribution in [2.75, 3.05) is 16.6 Å². The fourth-order valence-electron chi connectivity index (χ4n) is 2.82. The molecule has 0 aromatic heterocycles. The predicted octanol–water partition coefficient (Wildman–Crippen LogP) is 3.55. The summed E-state index contributed by atoms with van der Waals surface area (Å²) < 4.78 is 27.7. The van der Waals surface area contributed by atoms with Crippen molar-refractivity contribution in [2.45, 2.75) is 18.2 Å². The first kappa shape index (κ1) is 22.0. The Morgan fingerprint density at radius 2 is 1.52 bits per heavy atom. The highest BCUT2D eigenvalue weighted by Gasteiger charge is 2.15. The van der Waals surface area contributed by atoms with Gasteiger partial charge >= 0.3 is 0 Å². The van der Waals surface area contributed by atoms with Crippen molar-refractivity contribution < 1.29 is 18.0 Å². The van der Waals surface area contributed by atoms with Crippen LogP contribution < -0.4 is 15.4 Å². The average Bonchev–Trinajstić information content (AvgIpc) is 2.77. The van der Waals surface area contributed by atoms with Crippen LogP contribution in [0.3, 0.4) is 0 Å². The second-order valence-electron chi connectivity index (χ2n) is 6.87. The average molecular weight is 438 g/mol. The third-order valence-corrected chi connectivity index (χ3v) is 5.87. The number of benzene rings is 3. The van der Waals surface area contributed by atoms with Crippen molar-refractivity contribution in [2.24, 2.45) is 0 Å². The third kappa shape index (κ3) is 6.16. The Morgan fingerprint density at radius 3 is 2.19 bits per heavy atom. The highest BCUT2D eigenvalue weighted by atomic mass is 32.2. The van der Waals surface area contributed by atoms with Gasteiger partial charge in [-0.05, 0) is 48.9 Å². The van der Waals surface area contributed by atoms with Gasteiger partial charge in [-0.1, -0.05) is 42.5 Å². The van der Waals surface area contributed by atoms with Crippen molar-refractivity contribution in [3.8, 4) is 0 Å². The quantitative estimate of drug-likeness (QED) is 0.501. The number of carbonyl (C=O) groups excluding carboxylic acids is 2. The number of anilines is 2. The summed E-state index contributed by atoms with van der Waals surface area (Å²) in [4.78, 5) is 24.4. The second-order valence-corrected chi connectivity index (χ2v) is 8.55. The molecule has 160 valence electrons. The summed E-state index contributed by atoms with van der Waals surface area (Å²) >= 11 is 0. The van der Waals surface area contributed by atoms with Crippen LogP contribution in [-0.2, 0) is 14.8 Å². The minimum atomic E-state index is -3.74. The fraction of sp³-hybridized carbons (Fsp3) is 0.130. The first-order valence-electron chi connectivity index (χ1n) is 9.67. The number of rotatable bonds is 8. The summed E-state index contributed by atoms with van der Waals surface area (Å²) in [5, 5.41) is 5.42. The van der Waals surface area contributed by atoms with Crippen LogP contribution in [0.5, 0.6) is 0 Å². The summed E-state index contributed by atoms with van der Waals surface area (Å²) in [6.45, 7) is 1.95. The Morgan fingerprint density at radius 1 is 0.871 bits per heavy atom. The Kier molecular flexibility index (Phi) is 7.04. The molecule has 3 aromatic carbocycles. The molecule has 0 aliphatic heterocycles. The van der Waals surface area contributed by atoms with Gasteiger partial charge in [0.15, 0.2) is 0 Å². The molecule has 0 saturated heterocycles. The number of hydrogen-bond donors (Lipinski definition) is 3. The summed E-state index contributed by atoms with van der Waals surface area (Å²) in [6, 6.07) is 21.8. The second kappa shape index (κ2) is 9.90. The molecule has 0 bridgehead atoms. The minimum Gasteiger partial charge on any atom is -0.352 e. The van der Waals surface area contributed by atoms with E-state index < -0.39 is 10.0 Å². The molecule has 0 atom stereocenters. The van der Waals surface area contributed by atoms with Crippen molar-refractivity contribution >= 4 is 33.2 Å². The SMILES string of the molecule is Cc1ccc(NC(=O)CCNC(=O)c2ccccc2)cc1NS(=O)(=O)c1ccccc1. The maximum atomic E-state index is 12.6. The Balaban J connectivity index is 1.58. The number of aryl methyl sites for hydroxylation is 1. The number of carbonyl (C=O) groups is 2. The van der Waals surface area contributed by atoms with Crippen molar-refractivity contribution in [3.63, 3.8) is 0 Å². The molecular weight excluding hydrogens is 414 g/mol. The van der Waals surface area contributed by atoms with Gasteiger partial charge in [0.1, 0.15) is 0 Å². The van der Waals surface area contributed by atoms with Crippen LogP contribution in [-0.4, -0.2) is 26.8 Å². The van der Waals surface area contributed by atoms with E-state index in [2.05, 4.69) is 15.4 Å². The highest BCUT2D eigenvalue weighted by molar-refractivity contribution is 7.92. The van der Waals surface area contributed by atoms with E-state index in [9.17, 15) is 18.0 Å². The lowest BCUT2D eigenvalue weighted by atomic mass is 10.2. The van der Waals surface area contributed by atoms with Crippen molar-refractivity contribution in [3.05, 3.63) is 90.0 Å². The van der Waals surface area contributed by atoms with Gasteiger partial charge in [-0.2, -0.15) is 0 Å². The van der Waals surface area contributed by atoms with Crippen LogP contribution in [0.25, 0.3) is 0 Å². The lowest BCUT2D eigenvalue weighted by Gasteiger charge is -2.13. The lowest BCUT2D eigenvalue weighted by Crippen LogP contribution is -2.27. The first-order valence-corrected chi connectivity index (χ1v) is 11.1. The molecule has 0 aliphatic rings. The molecule has 31 heavy (non-hydrogen) atoms. The van der Waals surface area contributed by atoms with Crippen LogP contribution >= 0.6 is 0 Å².